The molecule has 2 heterocycles. The van der Waals surface area contributed by atoms with Crippen LogP contribution in [-0.2, 0) is 22.6 Å². The number of unbranched alkanes of at least 4 members (excludes halogenated alkanes) is 1. The van der Waals surface area contributed by atoms with Crippen molar-refractivity contribution < 1.29 is 18.8 Å². The molecular weight excluding hydrogens is 334 g/mol. The summed E-state index contributed by atoms with van der Waals surface area (Å²) in [6.45, 7) is 2.52. The van der Waals surface area contributed by atoms with Gasteiger partial charge in [-0.2, -0.15) is 0 Å². The number of para-hydroxylation sites is 1. The highest BCUT2D eigenvalue weighted by Gasteiger charge is 2.32. The molecule has 1 fully saturated rings. The van der Waals surface area contributed by atoms with Crippen LogP contribution in [-0.4, -0.2) is 35.8 Å². The lowest BCUT2D eigenvalue weighted by Gasteiger charge is -2.19. The normalized spacial score (nSPS) is 16.6. The molecule has 1 aromatic heterocycles. The fourth-order valence-corrected chi connectivity index (χ4v) is 3.12. The second-order valence-electron chi connectivity index (χ2n) is 6.57. The van der Waals surface area contributed by atoms with Gasteiger partial charge in [-0.3, -0.25) is 14.9 Å². The Labute approximate surface area is 151 Å². The van der Waals surface area contributed by atoms with Crippen molar-refractivity contribution in [3.8, 4) is 0 Å². The van der Waals surface area contributed by atoms with Crippen LogP contribution in [0.15, 0.2) is 28.7 Å². The first-order valence-corrected chi connectivity index (χ1v) is 8.84. The van der Waals surface area contributed by atoms with Crippen LogP contribution in [0.3, 0.4) is 0 Å². The molecule has 26 heavy (non-hydrogen) atoms. The molecule has 7 heteroatoms. The van der Waals surface area contributed by atoms with E-state index >= 15 is 0 Å². The molecule has 1 aliphatic heterocycles. The third-order valence-electron chi connectivity index (χ3n) is 4.60. The fraction of sp³-hybridized carbons (Fsp3) is 0.421. The largest absolute Gasteiger partial charge is 0.461 e. The van der Waals surface area contributed by atoms with Crippen molar-refractivity contribution in [2.24, 2.45) is 0 Å². The lowest BCUT2D eigenvalue weighted by molar-refractivity contribution is -0.133. The Morgan fingerprint density at radius 2 is 2.04 bits per heavy atom. The monoisotopic (exact) mass is 357 g/mol. The third kappa shape index (κ3) is 3.71. The van der Waals surface area contributed by atoms with Gasteiger partial charge >= 0.3 is 6.03 Å². The second-order valence-corrected chi connectivity index (χ2v) is 6.57. The average molecular weight is 357 g/mol. The van der Waals surface area contributed by atoms with Crippen molar-refractivity contribution in [2.45, 2.75) is 45.2 Å². The SMILES string of the molecule is CCCCc1oc2ccccc2c1CN(C)C(=O)CC1NC(=O)NC1=O. The van der Waals surface area contributed by atoms with Gasteiger partial charge in [0.1, 0.15) is 17.4 Å². The molecule has 2 N–H and O–H groups in total. The summed E-state index contributed by atoms with van der Waals surface area (Å²) in [7, 11) is 1.70. The topological polar surface area (TPSA) is 91.7 Å². The molecule has 7 nitrogen and oxygen atoms in total. The van der Waals surface area contributed by atoms with Crippen molar-refractivity contribution in [3.63, 3.8) is 0 Å². The van der Waals surface area contributed by atoms with E-state index in [1.54, 1.807) is 11.9 Å². The van der Waals surface area contributed by atoms with Crippen LogP contribution in [0.25, 0.3) is 11.0 Å². The summed E-state index contributed by atoms with van der Waals surface area (Å²) < 4.78 is 5.99. The molecule has 0 saturated carbocycles. The Morgan fingerprint density at radius 1 is 1.27 bits per heavy atom. The number of nitrogens with one attached hydrogen (secondary N) is 2. The predicted octanol–water partition coefficient (Wildman–Crippen LogP) is 2.33. The summed E-state index contributed by atoms with van der Waals surface area (Å²) in [6.07, 6.45) is 2.83. The molecule has 0 bridgehead atoms. The van der Waals surface area contributed by atoms with Gasteiger partial charge in [-0.15, -0.1) is 0 Å². The van der Waals surface area contributed by atoms with Gasteiger partial charge in [0.15, 0.2) is 0 Å². The van der Waals surface area contributed by atoms with Crippen molar-refractivity contribution in [3.05, 3.63) is 35.6 Å². The molecule has 1 saturated heterocycles. The van der Waals surface area contributed by atoms with Crippen LogP contribution in [0.5, 0.6) is 0 Å². The highest BCUT2D eigenvalue weighted by atomic mass is 16.3. The van der Waals surface area contributed by atoms with Gasteiger partial charge in [-0.05, 0) is 12.5 Å². The summed E-state index contributed by atoms with van der Waals surface area (Å²) in [5.41, 5.74) is 1.82. The number of aryl methyl sites for hydroxylation is 1. The van der Waals surface area contributed by atoms with E-state index < -0.39 is 18.0 Å². The molecule has 0 spiro atoms. The maximum atomic E-state index is 12.5. The molecule has 1 aromatic carbocycles. The van der Waals surface area contributed by atoms with E-state index in [-0.39, 0.29) is 12.3 Å². The lowest BCUT2D eigenvalue weighted by atomic mass is 10.1. The highest BCUT2D eigenvalue weighted by Crippen LogP contribution is 2.28. The standard InChI is InChI=1S/C19H23N3O4/c1-3-4-8-16-13(12-7-5-6-9-15(12)26-16)11-22(2)17(23)10-14-18(24)21-19(25)20-14/h5-7,9,14H,3-4,8,10-11H2,1-2H3,(H2,20,21,24,25). The third-order valence-corrected chi connectivity index (χ3v) is 4.60. The Bertz CT molecular complexity index is 842. The Balaban J connectivity index is 1.75. The molecule has 1 unspecified atom stereocenters. The number of hydrogen-bond donors (Lipinski definition) is 2. The van der Waals surface area contributed by atoms with E-state index in [4.69, 9.17) is 4.42 Å². The second kappa shape index (κ2) is 7.59. The van der Waals surface area contributed by atoms with E-state index in [1.165, 1.54) is 0 Å². The molecule has 2 aromatic rings. The zero-order valence-electron chi connectivity index (χ0n) is 15.0. The van der Waals surface area contributed by atoms with Gasteiger partial charge in [-0.25, -0.2) is 4.79 Å². The van der Waals surface area contributed by atoms with Crippen molar-refractivity contribution >= 4 is 28.8 Å². The van der Waals surface area contributed by atoms with Gasteiger partial charge in [0.25, 0.3) is 5.91 Å². The minimum absolute atomic E-state index is 0.0614. The van der Waals surface area contributed by atoms with Gasteiger partial charge < -0.3 is 14.6 Å². The first-order chi connectivity index (χ1) is 12.5. The van der Waals surface area contributed by atoms with Gasteiger partial charge in [-0.1, -0.05) is 31.5 Å². The minimum Gasteiger partial charge on any atom is -0.461 e. The number of nitrogens with zero attached hydrogens (tertiary/aromatic N) is 1. The molecule has 1 atom stereocenters. The summed E-state index contributed by atoms with van der Waals surface area (Å²) in [5.74, 6) is 0.229. The summed E-state index contributed by atoms with van der Waals surface area (Å²) in [4.78, 5) is 36.9. The number of rotatable bonds is 7. The first kappa shape index (κ1) is 18.0. The Hall–Kier alpha value is -2.83. The maximum absolute atomic E-state index is 12.5. The van der Waals surface area contributed by atoms with Crippen LogP contribution in [0.4, 0.5) is 4.79 Å². The van der Waals surface area contributed by atoms with Crippen molar-refractivity contribution in [1.29, 1.82) is 0 Å². The highest BCUT2D eigenvalue weighted by molar-refractivity contribution is 6.05. The Kier molecular flexibility index (Phi) is 5.25. The maximum Gasteiger partial charge on any atom is 0.322 e. The van der Waals surface area contributed by atoms with Gasteiger partial charge in [0.2, 0.25) is 5.91 Å². The van der Waals surface area contributed by atoms with E-state index in [2.05, 4.69) is 17.6 Å². The van der Waals surface area contributed by atoms with E-state index in [0.29, 0.717) is 6.54 Å². The lowest BCUT2D eigenvalue weighted by Crippen LogP contribution is -2.37. The number of imide groups is 1. The molecule has 0 aliphatic carbocycles. The molecule has 4 amide bonds. The van der Waals surface area contributed by atoms with Gasteiger partial charge in [0, 0.05) is 31.0 Å². The van der Waals surface area contributed by atoms with Crippen LogP contribution in [0.2, 0.25) is 0 Å². The van der Waals surface area contributed by atoms with Crippen LogP contribution in [0, 0.1) is 0 Å². The number of carbonyl (C=O) groups excluding carboxylic acids is 3. The van der Waals surface area contributed by atoms with E-state index in [9.17, 15) is 14.4 Å². The molecular formula is C19H23N3O4. The number of fused-ring (bicyclic) bond motifs is 1. The molecule has 3 rings (SSSR count). The van der Waals surface area contributed by atoms with E-state index in [0.717, 1.165) is 41.6 Å². The molecule has 1 aliphatic rings. The van der Waals surface area contributed by atoms with Crippen molar-refractivity contribution in [1.82, 2.24) is 15.5 Å². The zero-order chi connectivity index (χ0) is 18.7. The summed E-state index contributed by atoms with van der Waals surface area (Å²) >= 11 is 0. The molecule has 0 radical (unpaired) electrons. The minimum atomic E-state index is -0.807. The van der Waals surface area contributed by atoms with Crippen molar-refractivity contribution in [2.75, 3.05) is 7.05 Å². The number of benzene rings is 1. The van der Waals surface area contributed by atoms with Crippen LogP contribution >= 0.6 is 0 Å². The fourth-order valence-electron chi connectivity index (χ4n) is 3.12. The average Bonchev–Trinajstić information content (AvgIpc) is 3.12. The van der Waals surface area contributed by atoms with Crippen LogP contribution in [0.1, 0.15) is 37.5 Å². The summed E-state index contributed by atoms with van der Waals surface area (Å²) in [5, 5.41) is 5.59. The number of amides is 4. The van der Waals surface area contributed by atoms with E-state index in [1.807, 2.05) is 24.3 Å². The number of furan rings is 1. The Morgan fingerprint density at radius 3 is 2.73 bits per heavy atom. The first-order valence-electron chi connectivity index (χ1n) is 8.84. The molecule has 138 valence electrons. The summed E-state index contributed by atoms with van der Waals surface area (Å²) in [6, 6.07) is 6.43. The number of carbonyl (C=O) groups is 3. The predicted molar refractivity (Wildman–Crippen MR) is 96.4 cm³/mol. The zero-order valence-corrected chi connectivity index (χ0v) is 15.0. The number of hydrogen-bond acceptors (Lipinski definition) is 4. The number of urea groups is 1. The smallest absolute Gasteiger partial charge is 0.322 e. The van der Waals surface area contributed by atoms with Crippen LogP contribution < -0.4 is 10.6 Å². The van der Waals surface area contributed by atoms with Gasteiger partial charge in [0.05, 0.1) is 6.42 Å². The quantitative estimate of drug-likeness (QED) is 0.744.